The first-order valence-corrected chi connectivity index (χ1v) is 8.45. The van der Waals surface area contributed by atoms with Gasteiger partial charge in [0.2, 0.25) is 8.24 Å². The lowest BCUT2D eigenvalue weighted by Crippen LogP contribution is -2.14. The Hall–Kier alpha value is 0.317. The van der Waals surface area contributed by atoms with Crippen molar-refractivity contribution in [2.45, 2.75) is 19.6 Å². The number of hydrogen-bond acceptors (Lipinski definition) is 1. The van der Waals surface area contributed by atoms with Crippen molar-refractivity contribution in [3.05, 3.63) is 0 Å². The quantitative estimate of drug-likeness (QED) is 0.400. The van der Waals surface area contributed by atoms with Gasteiger partial charge >= 0.3 is 0 Å². The lowest BCUT2D eigenvalue weighted by Gasteiger charge is -2.00. The molecule has 0 atom stereocenters. The summed E-state index contributed by atoms with van der Waals surface area (Å²) < 4.78 is 4.61. The average Bonchev–Trinajstić information content (AvgIpc) is 1.21. The molecule has 0 fully saturated rings. The Morgan fingerprint density at radius 2 is 1.50 bits per heavy atom. The molecule has 0 N–H and O–H groups in total. The summed E-state index contributed by atoms with van der Waals surface area (Å²) in [6.07, 6.45) is 0. The molecule has 0 aromatic carbocycles. The normalized spacial score (nSPS) is 11.1. The van der Waals surface area contributed by atoms with Gasteiger partial charge in [0.15, 0.2) is 7.71 Å². The van der Waals surface area contributed by atoms with Crippen LogP contribution in [-0.2, 0) is 0 Å². The van der Waals surface area contributed by atoms with E-state index in [4.69, 9.17) is 0 Å². The highest BCUT2D eigenvalue weighted by molar-refractivity contribution is 7.47. The summed E-state index contributed by atoms with van der Waals surface area (Å²) in [5.41, 5.74) is 0. The molecule has 0 aromatic heterocycles. The standard InChI is InChI=1S/C5H15NPSi/c1-7(2)6-8(3,4)5/h1-5H3/q+1. The van der Waals surface area contributed by atoms with Crippen molar-refractivity contribution in [2.75, 3.05) is 13.3 Å². The van der Waals surface area contributed by atoms with Crippen molar-refractivity contribution >= 4 is 15.9 Å². The van der Waals surface area contributed by atoms with Crippen molar-refractivity contribution in [3.8, 4) is 0 Å². The highest BCUT2D eigenvalue weighted by Gasteiger charge is 2.15. The van der Waals surface area contributed by atoms with Crippen molar-refractivity contribution < 1.29 is 0 Å². The minimum Gasteiger partial charge on any atom is -0.161 e. The number of nitrogens with zero attached hydrogens (tertiary/aromatic N) is 1. The van der Waals surface area contributed by atoms with Crippen LogP contribution in [0.1, 0.15) is 0 Å². The molecular weight excluding hydrogens is 133 g/mol. The third-order valence-electron chi connectivity index (χ3n) is 0.500. The topological polar surface area (TPSA) is 12.4 Å². The van der Waals surface area contributed by atoms with Crippen molar-refractivity contribution in [3.63, 3.8) is 0 Å². The van der Waals surface area contributed by atoms with Gasteiger partial charge in [-0.05, 0) is 19.6 Å². The van der Waals surface area contributed by atoms with E-state index in [1.54, 1.807) is 0 Å². The van der Waals surface area contributed by atoms with E-state index < -0.39 is 8.24 Å². The van der Waals surface area contributed by atoms with E-state index in [-0.39, 0.29) is 7.71 Å². The molecule has 0 heterocycles. The molecule has 0 aromatic rings. The molecule has 3 heteroatoms. The van der Waals surface area contributed by atoms with E-state index in [2.05, 4.69) is 37.4 Å². The van der Waals surface area contributed by atoms with Crippen LogP contribution in [0, 0.1) is 0 Å². The molecule has 0 aliphatic carbocycles. The predicted octanol–water partition coefficient (Wildman–Crippen LogP) is 2.75. The molecular formula is C5H15NPSi+. The van der Waals surface area contributed by atoms with Crippen LogP contribution in [0.15, 0.2) is 4.41 Å². The first-order valence-electron chi connectivity index (χ1n) is 2.82. The maximum absolute atomic E-state index is 4.61. The molecule has 0 aliphatic rings. The van der Waals surface area contributed by atoms with Gasteiger partial charge in [-0.1, -0.05) is 0 Å². The summed E-state index contributed by atoms with van der Waals surface area (Å²) >= 11 is 0. The minimum absolute atomic E-state index is 0.00180. The zero-order valence-electron chi connectivity index (χ0n) is 6.39. The van der Waals surface area contributed by atoms with Crippen LogP contribution in [0.5, 0.6) is 0 Å². The van der Waals surface area contributed by atoms with Crippen LogP contribution < -0.4 is 0 Å². The van der Waals surface area contributed by atoms with Crippen molar-refractivity contribution in [1.82, 2.24) is 0 Å². The van der Waals surface area contributed by atoms with Gasteiger partial charge in [0.25, 0.3) is 0 Å². The van der Waals surface area contributed by atoms with Crippen molar-refractivity contribution in [2.24, 2.45) is 4.41 Å². The Balaban J connectivity index is 3.89. The summed E-state index contributed by atoms with van der Waals surface area (Å²) in [7, 11) is -1.07. The first kappa shape index (κ1) is 8.32. The maximum atomic E-state index is 4.61. The molecule has 0 bridgehead atoms. The van der Waals surface area contributed by atoms with E-state index >= 15 is 0 Å². The Kier molecular flexibility index (Phi) is 2.85. The molecule has 48 valence electrons. The molecule has 0 aliphatic heterocycles. The van der Waals surface area contributed by atoms with Gasteiger partial charge in [0.1, 0.15) is 13.3 Å². The average molecular weight is 148 g/mol. The Bertz CT molecular complexity index is 99.5. The molecule has 0 spiro atoms. The number of hydrogen-bond donors (Lipinski definition) is 0. The SMILES string of the molecule is C[P+](C)=N[Si](C)(C)C. The van der Waals surface area contributed by atoms with Gasteiger partial charge in [-0.2, -0.15) is 4.41 Å². The fraction of sp³-hybridized carbons (Fsp3) is 1.00. The number of rotatable bonds is 1. The second kappa shape index (κ2) is 2.74. The Labute approximate surface area is 54.1 Å². The fourth-order valence-corrected chi connectivity index (χ4v) is 5.40. The third kappa shape index (κ3) is 6.32. The zero-order valence-corrected chi connectivity index (χ0v) is 8.29. The fourth-order valence-electron chi connectivity index (χ4n) is 0.600. The summed E-state index contributed by atoms with van der Waals surface area (Å²) in [4.78, 5) is 0. The summed E-state index contributed by atoms with van der Waals surface area (Å²) in [5.74, 6) is 0. The van der Waals surface area contributed by atoms with Gasteiger partial charge in [-0.25, -0.2) is 0 Å². The van der Waals surface area contributed by atoms with Gasteiger partial charge in [0.05, 0.1) is 0 Å². The van der Waals surface area contributed by atoms with Crippen molar-refractivity contribution in [1.29, 1.82) is 0 Å². The van der Waals surface area contributed by atoms with Gasteiger partial charge < -0.3 is 0 Å². The van der Waals surface area contributed by atoms with E-state index in [9.17, 15) is 0 Å². The van der Waals surface area contributed by atoms with Gasteiger partial charge in [-0.15, -0.1) is 0 Å². The van der Waals surface area contributed by atoms with Gasteiger partial charge in [-0.3, -0.25) is 0 Å². The molecule has 0 unspecified atom stereocenters. The van der Waals surface area contributed by atoms with Crippen LogP contribution >= 0.6 is 7.71 Å². The molecule has 0 saturated heterocycles. The van der Waals surface area contributed by atoms with Gasteiger partial charge in [0, 0.05) is 0 Å². The molecule has 8 heavy (non-hydrogen) atoms. The zero-order chi connectivity index (χ0) is 6.78. The minimum atomic E-state index is -1.07. The van der Waals surface area contributed by atoms with E-state index in [0.717, 1.165) is 0 Å². The van der Waals surface area contributed by atoms with E-state index in [1.165, 1.54) is 0 Å². The molecule has 0 rings (SSSR count). The van der Waals surface area contributed by atoms with Crippen LogP contribution in [0.25, 0.3) is 0 Å². The Morgan fingerprint density at radius 1 is 1.12 bits per heavy atom. The smallest absolute Gasteiger partial charge is 0.161 e. The molecule has 1 nitrogen and oxygen atoms in total. The molecule has 0 saturated carbocycles. The Morgan fingerprint density at radius 3 is 1.50 bits per heavy atom. The largest absolute Gasteiger partial charge is 0.229 e. The van der Waals surface area contributed by atoms with E-state index in [1.807, 2.05) is 0 Å². The van der Waals surface area contributed by atoms with Crippen LogP contribution in [0.4, 0.5) is 0 Å². The predicted molar refractivity (Wildman–Crippen MR) is 44.5 cm³/mol. The second-order valence-corrected chi connectivity index (χ2v) is 9.95. The first-order chi connectivity index (χ1) is 3.42. The van der Waals surface area contributed by atoms with E-state index in [0.29, 0.717) is 0 Å². The summed E-state index contributed by atoms with van der Waals surface area (Å²) in [6.45, 7) is 11.2. The third-order valence-corrected chi connectivity index (χ3v) is 4.50. The molecule has 0 amide bonds. The van der Waals surface area contributed by atoms with Crippen LogP contribution in [0.2, 0.25) is 19.6 Å². The highest BCUT2D eigenvalue weighted by atomic mass is 31.1. The van der Waals surface area contributed by atoms with Crippen LogP contribution in [-0.4, -0.2) is 21.6 Å². The second-order valence-electron chi connectivity index (χ2n) is 3.12. The van der Waals surface area contributed by atoms with Crippen LogP contribution in [0.3, 0.4) is 0 Å². The monoisotopic (exact) mass is 148 g/mol. The molecule has 0 radical (unpaired) electrons. The summed E-state index contributed by atoms with van der Waals surface area (Å²) in [6, 6.07) is 0. The highest BCUT2D eigenvalue weighted by Crippen LogP contribution is 2.19. The summed E-state index contributed by atoms with van der Waals surface area (Å²) in [5, 5.41) is 0. The lowest BCUT2D eigenvalue weighted by atomic mass is 11.8. The maximum Gasteiger partial charge on any atom is 0.229 e. The lowest BCUT2D eigenvalue weighted by molar-refractivity contribution is 1.60.